The second-order valence-electron chi connectivity index (χ2n) is 14.6. The number of carbonyl (C=O) groups is 1. The molecule has 276 valence electrons. The molecule has 3 unspecified atom stereocenters. The molecule has 0 rings (SSSR count). The predicted molar refractivity (Wildman–Crippen MR) is 199 cm³/mol. The molecule has 46 heavy (non-hydrogen) atoms. The van der Waals surface area contributed by atoms with Crippen LogP contribution in [0, 0.1) is 0 Å². The van der Waals surface area contributed by atoms with E-state index in [1.54, 1.807) is 0 Å². The van der Waals surface area contributed by atoms with Gasteiger partial charge < -0.3 is 20.6 Å². The number of unbranched alkanes of at least 4 members (excludes halogenated alkanes) is 29. The molecule has 4 N–H and O–H groups in total. The normalized spacial score (nSPS) is 13.6. The lowest BCUT2D eigenvalue weighted by Gasteiger charge is -2.23. The maximum atomic E-state index is 12.4. The predicted octanol–water partition coefficient (Wildman–Crippen LogP) is 11.5. The molecule has 0 aromatic rings. The molecule has 5 nitrogen and oxygen atoms in total. The Morgan fingerprint density at radius 1 is 0.457 bits per heavy atom. The Balaban J connectivity index is 3.60. The molecular formula is C41H83NO4. The highest BCUT2D eigenvalue weighted by molar-refractivity contribution is 5.76. The first-order chi connectivity index (χ1) is 22.5. The van der Waals surface area contributed by atoms with Crippen molar-refractivity contribution < 1.29 is 20.1 Å². The van der Waals surface area contributed by atoms with E-state index in [-0.39, 0.29) is 18.9 Å². The maximum absolute atomic E-state index is 12.4. The van der Waals surface area contributed by atoms with Crippen molar-refractivity contribution in [3.63, 3.8) is 0 Å². The van der Waals surface area contributed by atoms with Crippen molar-refractivity contribution in [3.8, 4) is 0 Å². The van der Waals surface area contributed by atoms with E-state index in [0.29, 0.717) is 12.8 Å². The molecule has 5 heteroatoms. The quantitative estimate of drug-likeness (QED) is 0.0499. The van der Waals surface area contributed by atoms with Crippen molar-refractivity contribution in [2.75, 3.05) is 6.61 Å². The van der Waals surface area contributed by atoms with Crippen LogP contribution in [0.15, 0.2) is 0 Å². The lowest BCUT2D eigenvalue weighted by molar-refractivity contribution is -0.125. The van der Waals surface area contributed by atoms with E-state index in [2.05, 4.69) is 19.2 Å². The molecule has 0 aromatic heterocycles. The van der Waals surface area contributed by atoms with E-state index in [9.17, 15) is 20.1 Å². The molecule has 0 aliphatic rings. The minimum atomic E-state index is -0.742. The molecule has 0 radical (unpaired) electrons. The van der Waals surface area contributed by atoms with Gasteiger partial charge >= 0.3 is 0 Å². The Morgan fingerprint density at radius 2 is 0.739 bits per heavy atom. The zero-order valence-electron chi connectivity index (χ0n) is 31.2. The molecule has 0 saturated carbocycles. The van der Waals surface area contributed by atoms with Gasteiger partial charge in [-0.25, -0.2) is 0 Å². The molecule has 0 aliphatic heterocycles. The van der Waals surface area contributed by atoms with Crippen molar-refractivity contribution in [2.45, 2.75) is 250 Å². The summed E-state index contributed by atoms with van der Waals surface area (Å²) in [5, 5.41) is 33.3. The molecule has 3 atom stereocenters. The van der Waals surface area contributed by atoms with Gasteiger partial charge in [0, 0.05) is 0 Å². The average Bonchev–Trinajstić information content (AvgIpc) is 3.05. The molecule has 0 aromatic carbocycles. The summed E-state index contributed by atoms with van der Waals surface area (Å²) in [5.41, 5.74) is 0. The molecule has 0 aliphatic carbocycles. The van der Waals surface area contributed by atoms with Crippen molar-refractivity contribution in [1.29, 1.82) is 0 Å². The van der Waals surface area contributed by atoms with Crippen LogP contribution in [0.3, 0.4) is 0 Å². The number of hydrogen-bond acceptors (Lipinski definition) is 4. The molecule has 1 amide bonds. The number of amides is 1. The first-order valence-electron chi connectivity index (χ1n) is 20.8. The van der Waals surface area contributed by atoms with Crippen molar-refractivity contribution in [3.05, 3.63) is 0 Å². The lowest BCUT2D eigenvalue weighted by atomic mass is 10.0. The third-order valence-corrected chi connectivity index (χ3v) is 9.92. The van der Waals surface area contributed by atoms with Crippen molar-refractivity contribution >= 4 is 5.91 Å². The number of nitrogens with one attached hydrogen (secondary N) is 1. The Hall–Kier alpha value is -0.650. The number of carbonyl (C=O) groups excluding carboxylic acids is 1. The second-order valence-corrected chi connectivity index (χ2v) is 14.6. The van der Waals surface area contributed by atoms with Crippen LogP contribution < -0.4 is 5.32 Å². The highest BCUT2D eigenvalue weighted by atomic mass is 16.3. The van der Waals surface area contributed by atoms with Crippen LogP contribution in [0.2, 0.25) is 0 Å². The SMILES string of the molecule is CCCCCCCCCCCCCCCCCCCC(O)C(CO)NC(=O)CC(O)CCCCCCCCCCCCCCCC. The van der Waals surface area contributed by atoms with E-state index in [0.717, 1.165) is 25.7 Å². The number of aliphatic hydroxyl groups excluding tert-OH is 3. The van der Waals surface area contributed by atoms with Crippen LogP contribution in [0.4, 0.5) is 0 Å². The van der Waals surface area contributed by atoms with Crippen LogP contribution in [0.1, 0.15) is 232 Å². The zero-order valence-corrected chi connectivity index (χ0v) is 31.2. The van der Waals surface area contributed by atoms with Crippen LogP contribution in [0.25, 0.3) is 0 Å². The van der Waals surface area contributed by atoms with Gasteiger partial charge in [-0.3, -0.25) is 4.79 Å². The van der Waals surface area contributed by atoms with Crippen LogP contribution in [-0.4, -0.2) is 46.1 Å². The monoisotopic (exact) mass is 654 g/mol. The first kappa shape index (κ1) is 45.3. The fraction of sp³-hybridized carbons (Fsp3) is 0.976. The van der Waals surface area contributed by atoms with Gasteiger partial charge in [0.25, 0.3) is 0 Å². The van der Waals surface area contributed by atoms with Gasteiger partial charge in [0.15, 0.2) is 0 Å². The summed E-state index contributed by atoms with van der Waals surface area (Å²) in [6.07, 6.45) is 40.6. The number of hydrogen-bond donors (Lipinski definition) is 4. The average molecular weight is 654 g/mol. The zero-order chi connectivity index (χ0) is 33.8. The summed E-state index contributed by atoms with van der Waals surface area (Å²) >= 11 is 0. The van der Waals surface area contributed by atoms with Crippen molar-refractivity contribution in [2.24, 2.45) is 0 Å². The van der Waals surface area contributed by atoms with Gasteiger partial charge in [0.2, 0.25) is 5.91 Å². The fourth-order valence-electron chi connectivity index (χ4n) is 6.70. The largest absolute Gasteiger partial charge is 0.394 e. The third kappa shape index (κ3) is 33.3. The van der Waals surface area contributed by atoms with E-state index >= 15 is 0 Å². The standard InChI is InChI=1S/C41H83NO4/c1-3-5-7-9-11-13-15-17-19-20-21-23-25-27-29-31-33-35-40(45)39(37-43)42-41(46)36-38(44)34-32-30-28-26-24-22-18-16-14-12-10-8-6-4-2/h38-40,43-45H,3-37H2,1-2H3,(H,42,46). The van der Waals surface area contributed by atoms with Gasteiger partial charge in [-0.1, -0.05) is 213 Å². The molecule has 0 heterocycles. The fourth-order valence-corrected chi connectivity index (χ4v) is 6.70. The maximum Gasteiger partial charge on any atom is 0.222 e. The lowest BCUT2D eigenvalue weighted by Crippen LogP contribution is -2.46. The topological polar surface area (TPSA) is 89.8 Å². The van der Waals surface area contributed by atoms with E-state index < -0.39 is 18.2 Å². The number of aliphatic hydroxyl groups is 3. The molecule has 0 bridgehead atoms. The van der Waals surface area contributed by atoms with Crippen molar-refractivity contribution in [1.82, 2.24) is 5.32 Å². The molecule has 0 saturated heterocycles. The second kappa shape index (κ2) is 37.2. The molecule has 0 spiro atoms. The van der Waals surface area contributed by atoms with Crippen LogP contribution in [0.5, 0.6) is 0 Å². The van der Waals surface area contributed by atoms with E-state index in [1.165, 1.54) is 173 Å². The molecule has 0 fully saturated rings. The summed E-state index contributed by atoms with van der Waals surface area (Å²) in [7, 11) is 0. The number of rotatable bonds is 38. The van der Waals surface area contributed by atoms with Gasteiger partial charge in [-0.05, 0) is 12.8 Å². The summed E-state index contributed by atoms with van der Waals surface area (Å²) < 4.78 is 0. The Morgan fingerprint density at radius 3 is 1.04 bits per heavy atom. The first-order valence-corrected chi connectivity index (χ1v) is 20.8. The van der Waals surface area contributed by atoms with Gasteiger partial charge in [0.1, 0.15) is 0 Å². The summed E-state index contributed by atoms with van der Waals surface area (Å²) in [6.45, 7) is 4.27. The summed E-state index contributed by atoms with van der Waals surface area (Å²) in [5.74, 6) is -0.279. The van der Waals surface area contributed by atoms with Crippen LogP contribution in [-0.2, 0) is 4.79 Å². The Kier molecular flexibility index (Phi) is 36.6. The van der Waals surface area contributed by atoms with Gasteiger partial charge in [-0.15, -0.1) is 0 Å². The molecular weight excluding hydrogens is 570 g/mol. The minimum Gasteiger partial charge on any atom is -0.394 e. The van der Waals surface area contributed by atoms with E-state index in [4.69, 9.17) is 0 Å². The van der Waals surface area contributed by atoms with Gasteiger partial charge in [-0.2, -0.15) is 0 Å². The smallest absolute Gasteiger partial charge is 0.222 e. The van der Waals surface area contributed by atoms with Crippen LogP contribution >= 0.6 is 0 Å². The van der Waals surface area contributed by atoms with E-state index in [1.807, 2.05) is 0 Å². The Bertz CT molecular complexity index is 601. The highest BCUT2D eigenvalue weighted by Crippen LogP contribution is 2.17. The Labute approximate surface area is 287 Å². The summed E-state index contributed by atoms with van der Waals surface area (Å²) in [4.78, 5) is 12.4. The minimum absolute atomic E-state index is 0.0424. The third-order valence-electron chi connectivity index (χ3n) is 9.92. The summed E-state index contributed by atoms with van der Waals surface area (Å²) in [6, 6.07) is -0.651. The van der Waals surface area contributed by atoms with Gasteiger partial charge in [0.05, 0.1) is 31.3 Å². The highest BCUT2D eigenvalue weighted by Gasteiger charge is 2.21.